The Morgan fingerprint density at radius 3 is 1.46 bits per heavy atom. The number of rotatable bonds is 28. The van der Waals surface area contributed by atoms with Crippen molar-refractivity contribution >= 4 is 59.4 Å². The van der Waals surface area contributed by atoms with Crippen molar-refractivity contribution < 1.29 is 68.7 Å². The molecule has 0 aliphatic rings. The molecule has 0 heterocycles. The van der Waals surface area contributed by atoms with Gasteiger partial charge in [0.15, 0.2) is 5.96 Å². The van der Waals surface area contributed by atoms with Gasteiger partial charge in [-0.2, -0.15) is 0 Å². The summed E-state index contributed by atoms with van der Waals surface area (Å²) in [4.78, 5) is 117. The van der Waals surface area contributed by atoms with Crippen LogP contribution in [0.25, 0.3) is 0 Å². The minimum atomic E-state index is -1.74. The van der Waals surface area contributed by atoms with E-state index in [2.05, 4.69) is 31.6 Å². The summed E-state index contributed by atoms with van der Waals surface area (Å²) in [6.07, 6.45) is -3.35. The van der Waals surface area contributed by atoms with Crippen molar-refractivity contribution in [1.82, 2.24) is 26.6 Å². The van der Waals surface area contributed by atoms with E-state index in [1.165, 1.54) is 24.3 Å². The molecular weight excluding hydrogens is 782 g/mol. The van der Waals surface area contributed by atoms with Gasteiger partial charge in [-0.15, -0.1) is 0 Å². The minimum absolute atomic E-state index is 0.0367. The molecule has 0 aliphatic carbocycles. The molecule has 0 bridgehead atoms. The van der Waals surface area contributed by atoms with Crippen LogP contribution in [-0.2, 0) is 49.6 Å². The summed E-state index contributed by atoms with van der Waals surface area (Å²) in [6, 6.07) is -3.38. The number of carbonyl (C=O) groups excluding carboxylic acids is 5. The third kappa shape index (κ3) is 20.0. The zero-order valence-electron chi connectivity index (χ0n) is 32.7. The quantitative estimate of drug-likeness (QED) is 0.0235. The molecule has 5 amide bonds. The lowest BCUT2D eigenvalue weighted by atomic mass is 9.96. The first kappa shape index (κ1) is 50.5. The third-order valence-corrected chi connectivity index (χ3v) is 8.92. The van der Waals surface area contributed by atoms with Gasteiger partial charge in [0, 0.05) is 25.8 Å². The molecular formula is C36H55N9O14. The lowest BCUT2D eigenvalue weighted by Gasteiger charge is -2.29. The molecule has 0 aliphatic heterocycles. The molecule has 23 heteroatoms. The van der Waals surface area contributed by atoms with Gasteiger partial charge >= 0.3 is 23.9 Å². The average molecular weight is 838 g/mol. The summed E-state index contributed by atoms with van der Waals surface area (Å²) in [5, 5.41) is 58.9. The number of aliphatic carboxylic acids is 4. The molecule has 0 saturated carbocycles. The van der Waals surface area contributed by atoms with Crippen molar-refractivity contribution in [3.63, 3.8) is 0 Å². The number of nitrogens with zero attached hydrogens (tertiary/aromatic N) is 1. The molecule has 328 valence electrons. The normalized spacial score (nSPS) is 14.4. The number of benzene rings is 1. The highest BCUT2D eigenvalue weighted by atomic mass is 16.4. The van der Waals surface area contributed by atoms with Crippen LogP contribution in [0.2, 0.25) is 0 Å². The van der Waals surface area contributed by atoms with Crippen molar-refractivity contribution in [1.29, 1.82) is 0 Å². The maximum atomic E-state index is 13.7. The highest BCUT2D eigenvalue weighted by Gasteiger charge is 2.35. The van der Waals surface area contributed by atoms with Crippen LogP contribution in [0.4, 0.5) is 0 Å². The van der Waals surface area contributed by atoms with Crippen molar-refractivity contribution in [3.05, 3.63) is 29.8 Å². The maximum Gasteiger partial charge on any atom is 0.326 e. The number of aromatic hydroxyl groups is 1. The van der Waals surface area contributed by atoms with Gasteiger partial charge < -0.3 is 69.3 Å². The van der Waals surface area contributed by atoms with Crippen LogP contribution in [0.5, 0.6) is 5.75 Å². The number of phenolic OH excluding ortho intramolecular Hbond substituents is 1. The van der Waals surface area contributed by atoms with Crippen LogP contribution in [-0.4, -0.2) is 128 Å². The van der Waals surface area contributed by atoms with E-state index in [0.29, 0.717) is 5.56 Å². The summed E-state index contributed by atoms with van der Waals surface area (Å²) in [5.74, 6) is -11.5. The predicted molar refractivity (Wildman–Crippen MR) is 207 cm³/mol. The Labute approximate surface area is 338 Å². The zero-order chi connectivity index (χ0) is 44.8. The van der Waals surface area contributed by atoms with Crippen LogP contribution < -0.4 is 43.8 Å². The van der Waals surface area contributed by atoms with Crippen LogP contribution in [0.3, 0.4) is 0 Å². The highest BCUT2D eigenvalue weighted by Crippen LogP contribution is 2.13. The van der Waals surface area contributed by atoms with Gasteiger partial charge in [-0.3, -0.25) is 43.3 Å². The Bertz CT molecular complexity index is 1670. The summed E-state index contributed by atoms with van der Waals surface area (Å²) in [6.45, 7) is 3.32. The number of nitrogens with one attached hydrogen (secondary N) is 5. The smallest absolute Gasteiger partial charge is 0.326 e. The topological polar surface area (TPSA) is 405 Å². The van der Waals surface area contributed by atoms with Crippen LogP contribution in [0.15, 0.2) is 29.3 Å². The molecule has 16 N–H and O–H groups in total. The Balaban J connectivity index is 3.33. The molecule has 1 aromatic carbocycles. The van der Waals surface area contributed by atoms with Crippen LogP contribution >= 0.6 is 0 Å². The molecule has 7 unspecified atom stereocenters. The van der Waals surface area contributed by atoms with Gasteiger partial charge in [-0.05, 0) is 62.1 Å². The number of hydrogen-bond acceptors (Lipinski definition) is 12. The SMILES string of the molecule is CCC(C)C(NC(=O)C(CCC(=O)O)NC(=O)C(CCC(=O)O)NC(=O)C(CCC(=O)O)NC(=O)C(N)Cc1ccc(O)cc1)C(=O)NC(CCCN=C(N)N)C(=O)O. The number of nitrogens with two attached hydrogens (primary N) is 3. The van der Waals surface area contributed by atoms with E-state index in [1.807, 2.05) is 0 Å². The Morgan fingerprint density at radius 1 is 0.627 bits per heavy atom. The number of guanidine groups is 1. The summed E-state index contributed by atoms with van der Waals surface area (Å²) in [5.41, 5.74) is 17.1. The molecule has 0 aromatic heterocycles. The first-order chi connectivity index (χ1) is 27.6. The second kappa shape index (κ2) is 25.7. The summed E-state index contributed by atoms with van der Waals surface area (Å²) >= 11 is 0. The largest absolute Gasteiger partial charge is 0.508 e. The fourth-order valence-corrected chi connectivity index (χ4v) is 5.39. The van der Waals surface area contributed by atoms with Crippen LogP contribution in [0.1, 0.15) is 77.2 Å². The second-order valence-electron chi connectivity index (χ2n) is 13.7. The predicted octanol–water partition coefficient (Wildman–Crippen LogP) is -2.54. The fourth-order valence-electron chi connectivity index (χ4n) is 5.39. The van der Waals surface area contributed by atoms with E-state index < -0.39 is 134 Å². The van der Waals surface area contributed by atoms with E-state index >= 15 is 0 Å². The van der Waals surface area contributed by atoms with Gasteiger partial charge in [-0.1, -0.05) is 32.4 Å². The van der Waals surface area contributed by atoms with Crippen LogP contribution in [0, 0.1) is 5.92 Å². The number of carbonyl (C=O) groups is 9. The first-order valence-corrected chi connectivity index (χ1v) is 18.6. The molecule has 0 radical (unpaired) electrons. The molecule has 59 heavy (non-hydrogen) atoms. The Kier molecular flexibility index (Phi) is 22.0. The standard InChI is InChI=1S/C36H55N9O14/c1-3-18(2)29(34(57)44-25(35(58)59)5-4-16-40-36(38)39)45-33(56)24(12-15-28(51)52)43-32(55)23(11-14-27(49)50)42-31(54)22(10-13-26(47)48)41-30(53)21(37)17-19-6-8-20(46)9-7-19/h6-9,18,21-25,29,46H,3-5,10-17,37H2,1-2H3,(H,41,53)(H,42,54)(H,43,55)(H,44,57)(H,45,56)(H,47,48)(H,49,50)(H,51,52)(H,58,59)(H4,38,39,40). The number of carboxylic acid groups (broad SMARTS) is 4. The molecule has 0 spiro atoms. The Morgan fingerprint density at radius 2 is 1.05 bits per heavy atom. The first-order valence-electron chi connectivity index (χ1n) is 18.6. The molecule has 0 fully saturated rings. The lowest BCUT2D eigenvalue weighted by molar-refractivity contribution is -0.143. The van der Waals surface area contributed by atoms with E-state index in [-0.39, 0.29) is 43.9 Å². The lowest BCUT2D eigenvalue weighted by Crippen LogP contribution is -2.60. The molecule has 1 aromatic rings. The fraction of sp³-hybridized carbons (Fsp3) is 0.556. The Hall–Kier alpha value is -6.52. The maximum absolute atomic E-state index is 13.7. The summed E-state index contributed by atoms with van der Waals surface area (Å²) in [7, 11) is 0. The van der Waals surface area contributed by atoms with Gasteiger partial charge in [0.1, 0.15) is 36.0 Å². The number of amides is 5. The van der Waals surface area contributed by atoms with Gasteiger partial charge in [-0.25, -0.2) is 4.79 Å². The second-order valence-corrected chi connectivity index (χ2v) is 13.7. The minimum Gasteiger partial charge on any atom is -0.508 e. The van der Waals surface area contributed by atoms with Gasteiger partial charge in [0.2, 0.25) is 29.5 Å². The summed E-state index contributed by atoms with van der Waals surface area (Å²) < 4.78 is 0. The average Bonchev–Trinajstić information content (AvgIpc) is 3.16. The van der Waals surface area contributed by atoms with E-state index in [4.69, 9.17) is 17.2 Å². The van der Waals surface area contributed by atoms with Crippen molar-refractivity contribution in [2.24, 2.45) is 28.1 Å². The van der Waals surface area contributed by atoms with Crippen molar-refractivity contribution in [3.8, 4) is 5.75 Å². The van der Waals surface area contributed by atoms with Gasteiger partial charge in [0.25, 0.3) is 0 Å². The van der Waals surface area contributed by atoms with E-state index in [1.54, 1.807) is 13.8 Å². The number of phenols is 1. The van der Waals surface area contributed by atoms with E-state index in [9.17, 15) is 68.7 Å². The number of aliphatic imine (C=N–C) groups is 1. The van der Waals surface area contributed by atoms with Gasteiger partial charge in [0.05, 0.1) is 6.04 Å². The van der Waals surface area contributed by atoms with Crippen molar-refractivity contribution in [2.75, 3.05) is 6.54 Å². The van der Waals surface area contributed by atoms with Crippen molar-refractivity contribution in [2.45, 2.75) is 114 Å². The highest BCUT2D eigenvalue weighted by molar-refractivity contribution is 5.97. The third-order valence-electron chi connectivity index (χ3n) is 8.92. The molecule has 7 atom stereocenters. The molecule has 0 saturated heterocycles. The molecule has 1 rings (SSSR count). The van der Waals surface area contributed by atoms with E-state index in [0.717, 1.165) is 0 Å². The molecule has 23 nitrogen and oxygen atoms in total. The monoisotopic (exact) mass is 837 g/mol. The number of carboxylic acids is 4. The number of hydrogen-bond donors (Lipinski definition) is 13. The zero-order valence-corrected chi connectivity index (χ0v) is 32.7.